The molecule has 0 radical (unpaired) electrons. The molecule has 0 aliphatic carbocycles. The van der Waals surface area contributed by atoms with Gasteiger partial charge in [-0.25, -0.2) is 13.8 Å². The molecule has 162 valence electrons. The van der Waals surface area contributed by atoms with Gasteiger partial charge < -0.3 is 4.42 Å². The maximum atomic E-state index is 12.7. The Labute approximate surface area is 189 Å². The largest absolute Gasteiger partial charge is 0.455 e. The minimum atomic E-state index is -3.95. The van der Waals surface area contributed by atoms with Crippen LogP contribution in [0.3, 0.4) is 0 Å². The molecular weight excluding hydrogens is 450 g/mol. The van der Waals surface area contributed by atoms with Crippen LogP contribution >= 0.6 is 11.6 Å². The first-order chi connectivity index (χ1) is 15.3. The third-order valence-corrected chi connectivity index (χ3v) is 6.32. The Balaban J connectivity index is 1.51. The highest BCUT2D eigenvalue weighted by Crippen LogP contribution is 2.24. The highest BCUT2D eigenvalue weighted by Gasteiger charge is 2.18. The predicted molar refractivity (Wildman–Crippen MR) is 125 cm³/mol. The molecule has 1 amide bonds. The summed E-state index contributed by atoms with van der Waals surface area (Å²) in [6.07, 6.45) is 0. The molecule has 0 saturated heterocycles. The molecule has 2 N–H and O–H groups in total. The van der Waals surface area contributed by atoms with Crippen molar-refractivity contribution in [1.82, 2.24) is 5.43 Å². The van der Waals surface area contributed by atoms with E-state index >= 15 is 0 Å². The zero-order valence-corrected chi connectivity index (χ0v) is 18.4. The SMILES string of the molecule is C/C(=N\NC(=O)c1cccc(S(=O)(=O)Nc2ccccc2Cl)c1)c1cc2ccccc2o1. The van der Waals surface area contributed by atoms with Gasteiger partial charge in [-0.05, 0) is 49.4 Å². The second-order valence-electron chi connectivity index (χ2n) is 6.90. The topological polar surface area (TPSA) is 101 Å². The molecule has 4 rings (SSSR count). The number of furan rings is 1. The molecule has 4 aromatic rings. The monoisotopic (exact) mass is 467 g/mol. The van der Waals surface area contributed by atoms with Gasteiger partial charge in [0.15, 0.2) is 5.76 Å². The number of hydrogen-bond acceptors (Lipinski definition) is 5. The van der Waals surface area contributed by atoms with E-state index in [-0.39, 0.29) is 21.2 Å². The molecule has 9 heteroatoms. The van der Waals surface area contributed by atoms with Crippen molar-refractivity contribution in [2.45, 2.75) is 11.8 Å². The van der Waals surface area contributed by atoms with Crippen molar-refractivity contribution in [2.75, 3.05) is 4.72 Å². The summed E-state index contributed by atoms with van der Waals surface area (Å²) in [6.45, 7) is 1.70. The van der Waals surface area contributed by atoms with Gasteiger partial charge in [0.1, 0.15) is 11.3 Å². The average Bonchev–Trinajstić information content (AvgIpc) is 3.23. The van der Waals surface area contributed by atoms with Gasteiger partial charge in [0, 0.05) is 10.9 Å². The molecule has 0 aliphatic heterocycles. The van der Waals surface area contributed by atoms with Gasteiger partial charge in [-0.2, -0.15) is 5.10 Å². The van der Waals surface area contributed by atoms with Crippen molar-refractivity contribution in [3.05, 3.63) is 95.2 Å². The quantitative estimate of drug-likeness (QED) is 0.306. The fourth-order valence-electron chi connectivity index (χ4n) is 2.97. The van der Waals surface area contributed by atoms with Crippen LogP contribution in [-0.4, -0.2) is 20.0 Å². The van der Waals surface area contributed by atoms with Gasteiger partial charge in [-0.3, -0.25) is 9.52 Å². The highest BCUT2D eigenvalue weighted by molar-refractivity contribution is 7.92. The van der Waals surface area contributed by atoms with E-state index in [0.717, 1.165) is 5.39 Å². The van der Waals surface area contributed by atoms with Crippen LogP contribution in [0.4, 0.5) is 5.69 Å². The van der Waals surface area contributed by atoms with Crippen molar-refractivity contribution in [3.8, 4) is 0 Å². The Bertz CT molecular complexity index is 1410. The van der Waals surface area contributed by atoms with Gasteiger partial charge in [0.2, 0.25) is 0 Å². The maximum absolute atomic E-state index is 12.7. The zero-order valence-electron chi connectivity index (χ0n) is 16.9. The Morgan fingerprint density at radius 1 is 0.969 bits per heavy atom. The summed E-state index contributed by atoms with van der Waals surface area (Å²) in [5.74, 6) is -0.0398. The Kier molecular flexibility index (Phi) is 5.98. The molecule has 7 nitrogen and oxygen atoms in total. The number of rotatable bonds is 6. The van der Waals surface area contributed by atoms with Crippen molar-refractivity contribution >= 4 is 49.9 Å². The first kappa shape index (κ1) is 21.6. The summed E-state index contributed by atoms with van der Waals surface area (Å²) in [5.41, 5.74) is 4.00. The number of amides is 1. The summed E-state index contributed by atoms with van der Waals surface area (Å²) < 4.78 is 33.6. The number of hydrazone groups is 1. The van der Waals surface area contributed by atoms with Crippen LogP contribution in [0.15, 0.2) is 93.3 Å². The van der Waals surface area contributed by atoms with Gasteiger partial charge >= 0.3 is 0 Å². The number of anilines is 1. The van der Waals surface area contributed by atoms with Crippen LogP contribution in [0, 0.1) is 0 Å². The number of hydrogen-bond donors (Lipinski definition) is 2. The molecule has 0 saturated carbocycles. The number of benzene rings is 3. The van der Waals surface area contributed by atoms with Gasteiger partial charge in [-0.15, -0.1) is 0 Å². The smallest absolute Gasteiger partial charge is 0.271 e. The molecule has 0 spiro atoms. The second kappa shape index (κ2) is 8.86. The lowest BCUT2D eigenvalue weighted by Gasteiger charge is -2.10. The Morgan fingerprint density at radius 3 is 2.50 bits per heavy atom. The van der Waals surface area contributed by atoms with Crippen molar-refractivity contribution < 1.29 is 17.6 Å². The first-order valence-electron chi connectivity index (χ1n) is 9.54. The summed E-state index contributed by atoms with van der Waals surface area (Å²) in [7, 11) is -3.95. The van der Waals surface area contributed by atoms with E-state index in [2.05, 4.69) is 15.2 Å². The molecule has 0 unspecified atom stereocenters. The first-order valence-corrected chi connectivity index (χ1v) is 11.4. The number of halogens is 1. The van der Waals surface area contributed by atoms with Crippen LogP contribution in [0.25, 0.3) is 11.0 Å². The second-order valence-corrected chi connectivity index (χ2v) is 8.99. The lowest BCUT2D eigenvalue weighted by atomic mass is 10.2. The van der Waals surface area contributed by atoms with Gasteiger partial charge in [0.05, 0.1) is 15.6 Å². The van der Waals surface area contributed by atoms with Crippen molar-refractivity contribution in [1.29, 1.82) is 0 Å². The number of carbonyl (C=O) groups excluding carboxylic acids is 1. The summed E-state index contributed by atoms with van der Waals surface area (Å²) in [6, 6.07) is 21.5. The maximum Gasteiger partial charge on any atom is 0.271 e. The minimum absolute atomic E-state index is 0.0805. The van der Waals surface area contributed by atoms with E-state index < -0.39 is 15.9 Å². The predicted octanol–water partition coefficient (Wildman–Crippen LogP) is 5.04. The number of nitrogens with zero attached hydrogens (tertiary/aromatic N) is 1. The number of nitrogens with one attached hydrogen (secondary N) is 2. The van der Waals surface area contributed by atoms with Crippen molar-refractivity contribution in [2.24, 2.45) is 5.10 Å². The van der Waals surface area contributed by atoms with Gasteiger partial charge in [0.25, 0.3) is 15.9 Å². The molecular formula is C23H18ClN3O4S. The Hall–Kier alpha value is -3.62. The van der Waals surface area contributed by atoms with Crippen molar-refractivity contribution in [3.63, 3.8) is 0 Å². The van der Waals surface area contributed by atoms with Crippen LogP contribution in [0.2, 0.25) is 5.02 Å². The van der Waals surface area contributed by atoms with Gasteiger partial charge in [-0.1, -0.05) is 48.0 Å². The molecule has 1 heterocycles. The number of para-hydroxylation sites is 2. The highest BCUT2D eigenvalue weighted by atomic mass is 35.5. The minimum Gasteiger partial charge on any atom is -0.455 e. The van der Waals surface area contributed by atoms with E-state index in [0.29, 0.717) is 17.1 Å². The zero-order chi connectivity index (χ0) is 22.7. The summed E-state index contributed by atoms with van der Waals surface area (Å²) in [5, 5.41) is 5.27. The van der Waals surface area contributed by atoms with Crippen LogP contribution in [-0.2, 0) is 10.0 Å². The molecule has 0 bridgehead atoms. The summed E-state index contributed by atoms with van der Waals surface area (Å²) >= 11 is 6.03. The van der Waals surface area contributed by atoms with E-state index in [1.54, 1.807) is 31.2 Å². The lowest BCUT2D eigenvalue weighted by Crippen LogP contribution is -2.20. The number of carbonyl (C=O) groups is 1. The Morgan fingerprint density at radius 2 is 1.72 bits per heavy atom. The number of sulfonamides is 1. The van der Waals surface area contributed by atoms with E-state index in [9.17, 15) is 13.2 Å². The van der Waals surface area contributed by atoms with Crippen LogP contribution in [0.1, 0.15) is 23.0 Å². The molecule has 0 aliphatic rings. The summed E-state index contributed by atoms with van der Waals surface area (Å²) in [4.78, 5) is 12.5. The van der Waals surface area contributed by atoms with Crippen LogP contribution in [0.5, 0.6) is 0 Å². The molecule has 0 atom stereocenters. The average molecular weight is 468 g/mol. The van der Waals surface area contributed by atoms with E-state index in [4.69, 9.17) is 16.0 Å². The normalized spacial score (nSPS) is 12.0. The molecule has 0 fully saturated rings. The number of fused-ring (bicyclic) bond motifs is 1. The third-order valence-electron chi connectivity index (χ3n) is 4.63. The standard InChI is InChI=1S/C23H18ClN3O4S/c1-15(22-14-16-7-2-5-12-21(16)31-22)25-26-23(28)17-8-6-9-18(13-17)32(29,30)27-20-11-4-3-10-19(20)24/h2-14,27H,1H3,(H,26,28)/b25-15+. The molecule has 1 aromatic heterocycles. The molecule has 3 aromatic carbocycles. The van der Waals surface area contributed by atoms with E-state index in [1.165, 1.54) is 24.3 Å². The molecule has 32 heavy (non-hydrogen) atoms. The fraction of sp³-hybridized carbons (Fsp3) is 0.0435. The van der Waals surface area contributed by atoms with E-state index in [1.807, 2.05) is 30.3 Å². The lowest BCUT2D eigenvalue weighted by molar-refractivity contribution is 0.0954. The third kappa shape index (κ3) is 4.66. The van der Waals surface area contributed by atoms with Crippen LogP contribution < -0.4 is 10.1 Å². The fourth-order valence-corrected chi connectivity index (χ4v) is 4.33.